The molecule has 2 unspecified atom stereocenters. The highest BCUT2D eigenvalue weighted by Crippen LogP contribution is 2.25. The summed E-state index contributed by atoms with van der Waals surface area (Å²) in [7, 11) is 0. The number of rotatable bonds is 5. The third kappa shape index (κ3) is 3.66. The molecule has 0 aliphatic rings. The molecule has 0 saturated heterocycles. The van der Waals surface area contributed by atoms with Crippen LogP contribution in [0.15, 0.2) is 48.5 Å². The Labute approximate surface area is 123 Å². The molecule has 4 nitrogen and oxygen atoms in total. The summed E-state index contributed by atoms with van der Waals surface area (Å²) in [6.45, 7) is 0. The summed E-state index contributed by atoms with van der Waals surface area (Å²) >= 11 is 3.95. The van der Waals surface area contributed by atoms with E-state index in [1.807, 2.05) is 0 Å². The summed E-state index contributed by atoms with van der Waals surface area (Å²) in [4.78, 5) is 0. The molecule has 5 heteroatoms. The van der Waals surface area contributed by atoms with Gasteiger partial charge in [0.1, 0.15) is 17.6 Å². The minimum Gasteiger partial charge on any atom is -0.457 e. The van der Waals surface area contributed by atoms with Crippen molar-refractivity contribution < 1.29 is 14.9 Å². The maximum atomic E-state index is 9.85. The van der Waals surface area contributed by atoms with Gasteiger partial charge in [0, 0.05) is 11.4 Å². The number of nitrogen functional groups attached to an aromatic ring is 1. The topological polar surface area (TPSA) is 75.7 Å². The van der Waals surface area contributed by atoms with Gasteiger partial charge in [0.15, 0.2) is 0 Å². The van der Waals surface area contributed by atoms with Crippen LogP contribution in [0.5, 0.6) is 11.5 Å². The number of nitrogens with two attached hydrogens (primary N) is 1. The van der Waals surface area contributed by atoms with Gasteiger partial charge in [0.2, 0.25) is 0 Å². The van der Waals surface area contributed by atoms with Crippen LogP contribution in [-0.4, -0.2) is 22.1 Å². The Balaban J connectivity index is 2.06. The number of aliphatic hydroxyl groups is 2. The quantitative estimate of drug-likeness (QED) is 0.504. The molecule has 2 rings (SSSR count). The van der Waals surface area contributed by atoms with Crippen LogP contribution in [0.1, 0.15) is 11.7 Å². The molecule has 2 aromatic carbocycles. The Hall–Kier alpha value is -1.69. The van der Waals surface area contributed by atoms with Gasteiger partial charge in [0.05, 0.1) is 6.10 Å². The molecule has 0 radical (unpaired) electrons. The molecule has 0 spiro atoms. The third-order valence-electron chi connectivity index (χ3n) is 2.89. The van der Waals surface area contributed by atoms with Crippen molar-refractivity contribution in [3.8, 4) is 11.5 Å². The lowest BCUT2D eigenvalue weighted by atomic mass is 10.1. The number of anilines is 1. The number of hydrogen-bond acceptors (Lipinski definition) is 5. The predicted octanol–water partition coefficient (Wildman–Crippen LogP) is 2.39. The average Bonchev–Trinajstić information content (AvgIpc) is 2.49. The number of hydrogen-bond donors (Lipinski definition) is 4. The van der Waals surface area contributed by atoms with E-state index in [2.05, 4.69) is 12.6 Å². The molecule has 0 saturated carbocycles. The molecule has 20 heavy (non-hydrogen) atoms. The predicted molar refractivity (Wildman–Crippen MR) is 82.2 cm³/mol. The summed E-state index contributed by atoms with van der Waals surface area (Å²) in [6, 6.07) is 14.0. The van der Waals surface area contributed by atoms with E-state index in [-0.39, 0.29) is 5.75 Å². The van der Waals surface area contributed by atoms with Gasteiger partial charge in [-0.2, -0.15) is 12.6 Å². The Morgan fingerprint density at radius 1 is 0.950 bits per heavy atom. The zero-order valence-electron chi connectivity index (χ0n) is 10.8. The van der Waals surface area contributed by atoms with Gasteiger partial charge in [-0.05, 0) is 42.0 Å². The van der Waals surface area contributed by atoms with E-state index in [0.29, 0.717) is 22.7 Å². The van der Waals surface area contributed by atoms with Crippen LogP contribution < -0.4 is 10.5 Å². The van der Waals surface area contributed by atoms with E-state index in [9.17, 15) is 10.2 Å². The highest BCUT2D eigenvalue weighted by atomic mass is 32.1. The fraction of sp³-hybridized carbons (Fsp3) is 0.200. The molecule has 106 valence electrons. The van der Waals surface area contributed by atoms with Crippen LogP contribution in [0, 0.1) is 0 Å². The molecular formula is C15H17NO3S. The molecule has 0 bridgehead atoms. The molecule has 0 aliphatic carbocycles. The second kappa shape index (κ2) is 6.65. The largest absolute Gasteiger partial charge is 0.457 e. The second-order valence-electron chi connectivity index (χ2n) is 4.43. The minimum atomic E-state index is -0.946. The average molecular weight is 291 g/mol. The first-order valence-corrected chi connectivity index (χ1v) is 6.83. The number of ether oxygens (including phenoxy) is 1. The summed E-state index contributed by atoms with van der Waals surface area (Å²) in [5.74, 6) is 1.53. The zero-order valence-corrected chi connectivity index (χ0v) is 11.7. The number of aliphatic hydroxyl groups excluding tert-OH is 2. The summed E-state index contributed by atoms with van der Waals surface area (Å²) in [6.07, 6.45) is -1.83. The third-order valence-corrected chi connectivity index (χ3v) is 3.26. The fourth-order valence-electron chi connectivity index (χ4n) is 1.73. The highest BCUT2D eigenvalue weighted by Gasteiger charge is 2.16. The summed E-state index contributed by atoms with van der Waals surface area (Å²) in [5.41, 5.74) is 6.90. The maximum absolute atomic E-state index is 9.85. The molecule has 0 aromatic heterocycles. The zero-order chi connectivity index (χ0) is 14.5. The monoisotopic (exact) mass is 291 g/mol. The van der Waals surface area contributed by atoms with Crippen molar-refractivity contribution in [3.05, 3.63) is 54.1 Å². The lowest BCUT2D eigenvalue weighted by Crippen LogP contribution is -2.19. The van der Waals surface area contributed by atoms with Gasteiger partial charge < -0.3 is 20.7 Å². The number of benzene rings is 2. The lowest BCUT2D eigenvalue weighted by molar-refractivity contribution is 0.0337. The smallest absolute Gasteiger partial charge is 0.127 e. The second-order valence-corrected chi connectivity index (χ2v) is 4.80. The Kier molecular flexibility index (Phi) is 4.89. The first-order chi connectivity index (χ1) is 9.60. The van der Waals surface area contributed by atoms with Crippen LogP contribution in [-0.2, 0) is 0 Å². The maximum Gasteiger partial charge on any atom is 0.127 e. The minimum absolute atomic E-state index is 0.199. The fourth-order valence-corrected chi connectivity index (χ4v) is 1.93. The van der Waals surface area contributed by atoms with E-state index < -0.39 is 12.2 Å². The van der Waals surface area contributed by atoms with Crippen LogP contribution in [0.3, 0.4) is 0 Å². The van der Waals surface area contributed by atoms with E-state index in [1.165, 1.54) is 0 Å². The first kappa shape index (κ1) is 14.7. The molecule has 0 fully saturated rings. The van der Waals surface area contributed by atoms with Gasteiger partial charge in [-0.15, -0.1) is 0 Å². The van der Waals surface area contributed by atoms with Crippen molar-refractivity contribution in [3.63, 3.8) is 0 Å². The van der Waals surface area contributed by atoms with Crippen LogP contribution in [0.2, 0.25) is 0 Å². The van der Waals surface area contributed by atoms with E-state index in [4.69, 9.17) is 10.5 Å². The SMILES string of the molecule is Nc1ccc(Oc2ccc(C(O)C(O)CS)cc2)cc1. The standard InChI is InChI=1S/C15H17NO3S/c16-11-3-7-13(8-4-11)19-12-5-1-10(2-6-12)15(18)14(17)9-20/h1-8,14-15,17-18,20H,9,16H2. The molecule has 0 amide bonds. The van der Waals surface area contributed by atoms with Gasteiger partial charge in [-0.1, -0.05) is 12.1 Å². The Morgan fingerprint density at radius 2 is 1.45 bits per heavy atom. The molecule has 2 atom stereocenters. The highest BCUT2D eigenvalue weighted by molar-refractivity contribution is 7.80. The van der Waals surface area contributed by atoms with Crippen molar-refractivity contribution in [2.45, 2.75) is 12.2 Å². The number of thiol groups is 1. The Morgan fingerprint density at radius 3 is 1.95 bits per heavy atom. The molecule has 4 N–H and O–H groups in total. The van der Waals surface area contributed by atoms with Crippen molar-refractivity contribution in [2.24, 2.45) is 0 Å². The molecule has 2 aromatic rings. The normalized spacial score (nSPS) is 13.8. The van der Waals surface area contributed by atoms with Crippen molar-refractivity contribution >= 4 is 18.3 Å². The van der Waals surface area contributed by atoms with Crippen LogP contribution in [0.25, 0.3) is 0 Å². The van der Waals surface area contributed by atoms with Crippen molar-refractivity contribution in [1.82, 2.24) is 0 Å². The van der Waals surface area contributed by atoms with E-state index in [0.717, 1.165) is 0 Å². The van der Waals surface area contributed by atoms with Gasteiger partial charge >= 0.3 is 0 Å². The lowest BCUT2D eigenvalue weighted by Gasteiger charge is -2.16. The molecular weight excluding hydrogens is 274 g/mol. The molecule has 0 aliphatic heterocycles. The Bertz CT molecular complexity index is 542. The van der Waals surface area contributed by atoms with Crippen LogP contribution in [0.4, 0.5) is 5.69 Å². The molecule has 0 heterocycles. The van der Waals surface area contributed by atoms with Crippen LogP contribution >= 0.6 is 12.6 Å². The first-order valence-electron chi connectivity index (χ1n) is 6.20. The summed E-state index contributed by atoms with van der Waals surface area (Å²) < 4.78 is 5.64. The van der Waals surface area contributed by atoms with Gasteiger partial charge in [-0.3, -0.25) is 0 Å². The van der Waals surface area contributed by atoms with E-state index in [1.54, 1.807) is 48.5 Å². The van der Waals surface area contributed by atoms with Gasteiger partial charge in [-0.25, -0.2) is 0 Å². The van der Waals surface area contributed by atoms with Gasteiger partial charge in [0.25, 0.3) is 0 Å². The van der Waals surface area contributed by atoms with E-state index >= 15 is 0 Å². The summed E-state index contributed by atoms with van der Waals surface area (Å²) in [5, 5.41) is 19.4. The van der Waals surface area contributed by atoms with Crippen molar-refractivity contribution in [2.75, 3.05) is 11.5 Å². The van der Waals surface area contributed by atoms with Crippen molar-refractivity contribution in [1.29, 1.82) is 0 Å².